The molecule has 0 bridgehead atoms. The van der Waals surface area contributed by atoms with Gasteiger partial charge in [0.15, 0.2) is 28.0 Å². The Kier molecular flexibility index (Phi) is 4.16. The fraction of sp³-hybridized carbons (Fsp3) is 0.286. The van der Waals surface area contributed by atoms with Crippen LogP contribution in [0, 0.1) is 0 Å². The molecule has 3 aliphatic heterocycles. The Balaban J connectivity index is 1.74. The highest BCUT2D eigenvalue weighted by Crippen LogP contribution is 2.51. The zero-order valence-electron chi connectivity index (χ0n) is 16.2. The number of methoxy groups -OCH3 is 3. The molecule has 3 heterocycles. The van der Waals surface area contributed by atoms with Crippen molar-refractivity contribution in [1.29, 1.82) is 0 Å². The molecule has 1 unspecified atom stereocenters. The molecule has 0 aliphatic carbocycles. The van der Waals surface area contributed by atoms with Gasteiger partial charge in [0.25, 0.3) is 0 Å². The second kappa shape index (κ2) is 6.73. The first-order valence-corrected chi connectivity index (χ1v) is 9.46. The van der Waals surface area contributed by atoms with Gasteiger partial charge in [-0.2, -0.15) is 0 Å². The summed E-state index contributed by atoms with van der Waals surface area (Å²) in [6, 6.07) is 7.82. The molecule has 8 heteroatoms. The Morgan fingerprint density at radius 1 is 0.931 bits per heavy atom. The van der Waals surface area contributed by atoms with Crippen LogP contribution < -0.4 is 29.0 Å². The van der Waals surface area contributed by atoms with Crippen molar-refractivity contribution in [3.63, 3.8) is 0 Å². The summed E-state index contributed by atoms with van der Waals surface area (Å²) < 4.78 is 33.5. The Morgan fingerprint density at radius 2 is 1.62 bits per heavy atom. The minimum atomic E-state index is -0.181. The summed E-state index contributed by atoms with van der Waals surface area (Å²) in [6.45, 7) is 0.616. The van der Waals surface area contributed by atoms with E-state index in [-0.39, 0.29) is 12.7 Å². The van der Waals surface area contributed by atoms with E-state index in [1.54, 1.807) is 21.3 Å². The number of hydrogen-bond donors (Lipinski definition) is 1. The number of benzene rings is 2. The summed E-state index contributed by atoms with van der Waals surface area (Å²) in [5.74, 6) is 2.93. The fourth-order valence-electron chi connectivity index (χ4n) is 4.05. The van der Waals surface area contributed by atoms with E-state index in [0.29, 0.717) is 40.4 Å². The number of fused-ring (bicyclic) bond motifs is 2. The predicted molar refractivity (Wildman–Crippen MR) is 110 cm³/mol. The van der Waals surface area contributed by atoms with Crippen LogP contribution in [-0.4, -0.2) is 39.8 Å². The Bertz CT molecular complexity index is 1040. The average molecular weight is 413 g/mol. The third-order valence-corrected chi connectivity index (χ3v) is 5.68. The van der Waals surface area contributed by atoms with Gasteiger partial charge in [0, 0.05) is 23.2 Å². The van der Waals surface area contributed by atoms with Gasteiger partial charge in [-0.1, -0.05) is 0 Å². The number of hydrogen-bond acceptors (Lipinski definition) is 8. The minimum absolute atomic E-state index is 0.181. The molecule has 0 amide bonds. The second-order valence-corrected chi connectivity index (χ2v) is 7.15. The standard InChI is InChI=1S/C21H19NO6S/c1-23-16-4-10(5-17(24-2)20(16)25-3)18-11-6-14-15(28-9-27-14)7-12(11)22-13-8-26-21(29)19(13)18/h4-7,18,22H,8-9H2,1-3H3. The molecular weight excluding hydrogens is 394 g/mol. The number of nitrogens with one attached hydrogen (secondary N) is 1. The maximum atomic E-state index is 5.69. The molecule has 150 valence electrons. The molecule has 5 rings (SSSR count). The largest absolute Gasteiger partial charge is 0.493 e. The number of rotatable bonds is 4. The molecule has 7 nitrogen and oxygen atoms in total. The van der Waals surface area contributed by atoms with Crippen molar-refractivity contribution in [3.05, 3.63) is 46.7 Å². The maximum absolute atomic E-state index is 5.69. The van der Waals surface area contributed by atoms with Gasteiger partial charge < -0.3 is 33.7 Å². The van der Waals surface area contributed by atoms with Crippen molar-refractivity contribution in [2.45, 2.75) is 5.92 Å². The Hall–Kier alpha value is -3.13. The van der Waals surface area contributed by atoms with E-state index in [0.717, 1.165) is 28.1 Å². The molecule has 2 aromatic rings. The summed E-state index contributed by atoms with van der Waals surface area (Å²) >= 11 is 5.53. The molecule has 0 saturated heterocycles. The van der Waals surface area contributed by atoms with E-state index in [4.69, 9.17) is 40.6 Å². The third-order valence-electron chi connectivity index (χ3n) is 5.34. The van der Waals surface area contributed by atoms with E-state index in [1.807, 2.05) is 24.3 Å². The van der Waals surface area contributed by atoms with Gasteiger partial charge in [-0.05, 0) is 41.5 Å². The van der Waals surface area contributed by atoms with Gasteiger partial charge >= 0.3 is 0 Å². The zero-order valence-corrected chi connectivity index (χ0v) is 17.0. The molecule has 1 N–H and O–H groups in total. The summed E-state index contributed by atoms with van der Waals surface area (Å²) in [5, 5.41) is 3.92. The van der Waals surface area contributed by atoms with Crippen molar-refractivity contribution < 1.29 is 28.4 Å². The van der Waals surface area contributed by atoms with Crippen LogP contribution in [0.2, 0.25) is 0 Å². The SMILES string of the molecule is COc1cc(C2C3=C(COC3=S)Nc3cc4c(cc32)OCO4)cc(OC)c1OC. The number of ether oxygens (including phenoxy) is 6. The highest BCUT2D eigenvalue weighted by atomic mass is 32.1. The van der Waals surface area contributed by atoms with E-state index in [9.17, 15) is 0 Å². The van der Waals surface area contributed by atoms with Crippen molar-refractivity contribution in [2.75, 3.05) is 40.0 Å². The highest BCUT2D eigenvalue weighted by Gasteiger charge is 2.38. The van der Waals surface area contributed by atoms with Crippen LogP contribution in [0.3, 0.4) is 0 Å². The van der Waals surface area contributed by atoms with Crippen LogP contribution in [0.5, 0.6) is 28.7 Å². The second-order valence-electron chi connectivity index (χ2n) is 6.78. The topological polar surface area (TPSA) is 67.4 Å². The first kappa shape index (κ1) is 17.9. The van der Waals surface area contributed by atoms with Crippen molar-refractivity contribution >= 4 is 23.0 Å². The monoisotopic (exact) mass is 413 g/mol. The average Bonchev–Trinajstić information content (AvgIpc) is 3.35. The number of anilines is 1. The lowest BCUT2D eigenvalue weighted by atomic mass is 9.81. The van der Waals surface area contributed by atoms with Gasteiger partial charge in [-0.25, -0.2) is 0 Å². The molecule has 0 aromatic heterocycles. The summed E-state index contributed by atoms with van der Waals surface area (Å²) in [7, 11) is 4.79. The van der Waals surface area contributed by atoms with Gasteiger partial charge in [-0.15, -0.1) is 0 Å². The van der Waals surface area contributed by atoms with Crippen LogP contribution in [0.1, 0.15) is 17.0 Å². The first-order chi connectivity index (χ1) is 14.1. The van der Waals surface area contributed by atoms with Crippen molar-refractivity contribution in [1.82, 2.24) is 0 Å². The van der Waals surface area contributed by atoms with E-state index >= 15 is 0 Å². The molecule has 29 heavy (non-hydrogen) atoms. The van der Waals surface area contributed by atoms with Gasteiger partial charge in [0.1, 0.15) is 6.61 Å². The lowest BCUT2D eigenvalue weighted by Gasteiger charge is -2.29. The molecule has 2 aromatic carbocycles. The lowest BCUT2D eigenvalue weighted by molar-refractivity contribution is 0.174. The predicted octanol–water partition coefficient (Wildman–Crippen LogP) is 3.61. The molecule has 0 radical (unpaired) electrons. The quantitative estimate of drug-likeness (QED) is 0.763. The molecular formula is C21H19NO6S. The summed E-state index contributed by atoms with van der Waals surface area (Å²) in [4.78, 5) is 0. The fourth-order valence-corrected chi connectivity index (χ4v) is 4.35. The molecule has 0 saturated carbocycles. The third kappa shape index (κ3) is 2.66. The molecule has 1 atom stereocenters. The van der Waals surface area contributed by atoms with Crippen LogP contribution in [-0.2, 0) is 4.74 Å². The normalized spacial score (nSPS) is 18.6. The lowest BCUT2D eigenvalue weighted by Crippen LogP contribution is -2.19. The van der Waals surface area contributed by atoms with Crippen LogP contribution in [0.15, 0.2) is 35.5 Å². The highest BCUT2D eigenvalue weighted by molar-refractivity contribution is 7.80. The van der Waals surface area contributed by atoms with E-state index in [1.165, 1.54) is 0 Å². The molecule has 0 spiro atoms. The maximum Gasteiger partial charge on any atom is 0.231 e. The molecule has 0 fully saturated rings. The van der Waals surface area contributed by atoms with Crippen molar-refractivity contribution in [3.8, 4) is 28.7 Å². The molecule has 3 aliphatic rings. The summed E-state index contributed by atoms with van der Waals surface area (Å²) in [6.07, 6.45) is 0. The van der Waals surface area contributed by atoms with Crippen LogP contribution >= 0.6 is 12.2 Å². The first-order valence-electron chi connectivity index (χ1n) is 9.05. The van der Waals surface area contributed by atoms with Crippen LogP contribution in [0.4, 0.5) is 5.69 Å². The summed E-state index contributed by atoms with van der Waals surface area (Å²) in [5.41, 5.74) is 4.76. The van der Waals surface area contributed by atoms with Gasteiger partial charge in [0.2, 0.25) is 12.5 Å². The smallest absolute Gasteiger partial charge is 0.231 e. The van der Waals surface area contributed by atoms with Gasteiger partial charge in [-0.3, -0.25) is 0 Å². The van der Waals surface area contributed by atoms with E-state index < -0.39 is 0 Å². The Morgan fingerprint density at radius 3 is 2.28 bits per heavy atom. The Labute approximate surface area is 173 Å². The van der Waals surface area contributed by atoms with Gasteiger partial charge in [0.05, 0.1) is 27.0 Å². The van der Waals surface area contributed by atoms with Crippen LogP contribution in [0.25, 0.3) is 0 Å². The number of thiocarbonyl (C=S) groups is 1. The van der Waals surface area contributed by atoms with E-state index in [2.05, 4.69) is 5.32 Å². The van der Waals surface area contributed by atoms with Crippen molar-refractivity contribution in [2.24, 2.45) is 0 Å². The zero-order chi connectivity index (χ0) is 20.1. The minimum Gasteiger partial charge on any atom is -0.493 e.